The summed E-state index contributed by atoms with van der Waals surface area (Å²) in [6.45, 7) is 0.490. The lowest BCUT2D eigenvalue weighted by Gasteiger charge is -2.06. The summed E-state index contributed by atoms with van der Waals surface area (Å²) in [5, 5.41) is 2.72. The van der Waals surface area contributed by atoms with Gasteiger partial charge in [0.05, 0.1) is 7.11 Å². The maximum absolute atomic E-state index is 11.6. The van der Waals surface area contributed by atoms with Gasteiger partial charge < -0.3 is 10.1 Å². The second-order valence-corrected chi connectivity index (χ2v) is 4.27. The molecular weight excluding hydrogens is 262 g/mol. The van der Waals surface area contributed by atoms with E-state index >= 15 is 0 Å². The van der Waals surface area contributed by atoms with E-state index in [1.165, 1.54) is 24.1 Å². The quantitative estimate of drug-likeness (QED) is 0.539. The molecule has 0 atom stereocenters. The number of carbonyl (C=O) groups is 2. The number of nitrogens with one attached hydrogen (secondary N) is 1. The van der Waals surface area contributed by atoms with Crippen LogP contribution in [0.15, 0.2) is 23.3 Å². The summed E-state index contributed by atoms with van der Waals surface area (Å²) in [5.41, 5.74) is -0.444. The van der Waals surface area contributed by atoms with Crippen LogP contribution in [0.3, 0.4) is 0 Å². The third kappa shape index (κ3) is 6.12. The monoisotopic (exact) mass is 281 g/mol. The Labute approximate surface area is 117 Å². The molecule has 0 saturated heterocycles. The zero-order valence-corrected chi connectivity index (χ0v) is 11.5. The Morgan fingerprint density at radius 1 is 1.35 bits per heavy atom. The molecule has 1 aromatic heterocycles. The average Bonchev–Trinajstić information content (AvgIpc) is 2.44. The maximum atomic E-state index is 11.6. The number of rotatable bonds is 8. The van der Waals surface area contributed by atoms with Crippen molar-refractivity contribution in [2.75, 3.05) is 13.7 Å². The molecule has 7 nitrogen and oxygen atoms in total. The number of carbonyl (C=O) groups excluding carboxylic acids is 2. The molecule has 0 radical (unpaired) electrons. The van der Waals surface area contributed by atoms with Gasteiger partial charge in [0.2, 0.25) is 5.91 Å². The van der Waals surface area contributed by atoms with Gasteiger partial charge in [-0.3, -0.25) is 14.2 Å². The van der Waals surface area contributed by atoms with E-state index in [4.69, 9.17) is 0 Å². The van der Waals surface area contributed by atoms with Gasteiger partial charge >= 0.3 is 11.7 Å². The lowest BCUT2D eigenvalue weighted by atomic mass is 10.2. The summed E-state index contributed by atoms with van der Waals surface area (Å²) in [7, 11) is 1.36. The van der Waals surface area contributed by atoms with E-state index in [0.29, 0.717) is 13.0 Å². The first-order valence-corrected chi connectivity index (χ1v) is 6.48. The van der Waals surface area contributed by atoms with E-state index < -0.39 is 5.69 Å². The Hall–Kier alpha value is -2.18. The fourth-order valence-electron chi connectivity index (χ4n) is 1.62. The molecule has 0 bridgehead atoms. The number of esters is 1. The van der Waals surface area contributed by atoms with Crippen LogP contribution in [-0.4, -0.2) is 35.1 Å². The van der Waals surface area contributed by atoms with Crippen LogP contribution in [0, 0.1) is 0 Å². The second-order valence-electron chi connectivity index (χ2n) is 4.27. The van der Waals surface area contributed by atoms with Gasteiger partial charge in [0, 0.05) is 25.4 Å². The Morgan fingerprint density at radius 3 is 2.85 bits per heavy atom. The van der Waals surface area contributed by atoms with Gasteiger partial charge in [0.15, 0.2) is 0 Å². The number of hydrogen-bond acceptors (Lipinski definition) is 5. The lowest BCUT2D eigenvalue weighted by molar-refractivity contribution is -0.140. The molecule has 110 valence electrons. The normalized spacial score (nSPS) is 10.1. The van der Waals surface area contributed by atoms with Crippen molar-refractivity contribution < 1.29 is 14.3 Å². The highest BCUT2D eigenvalue weighted by Crippen LogP contribution is 1.99. The molecule has 0 aliphatic carbocycles. The SMILES string of the molecule is COC(=O)CCCCCNC(=O)Cn1cccnc1=O. The van der Waals surface area contributed by atoms with Crippen molar-refractivity contribution >= 4 is 11.9 Å². The number of amides is 1. The first kappa shape index (κ1) is 15.9. The van der Waals surface area contributed by atoms with E-state index in [-0.39, 0.29) is 18.4 Å². The van der Waals surface area contributed by atoms with E-state index in [9.17, 15) is 14.4 Å². The predicted molar refractivity (Wildman–Crippen MR) is 72.0 cm³/mol. The molecular formula is C13H19N3O4. The number of aromatic nitrogens is 2. The summed E-state index contributed by atoms with van der Waals surface area (Å²) in [6.07, 6.45) is 5.66. The fourth-order valence-corrected chi connectivity index (χ4v) is 1.62. The van der Waals surface area contributed by atoms with E-state index in [1.54, 1.807) is 6.07 Å². The molecule has 0 spiro atoms. The van der Waals surface area contributed by atoms with Gasteiger partial charge in [-0.15, -0.1) is 0 Å². The van der Waals surface area contributed by atoms with Crippen molar-refractivity contribution in [2.24, 2.45) is 0 Å². The molecule has 20 heavy (non-hydrogen) atoms. The molecule has 0 fully saturated rings. The maximum Gasteiger partial charge on any atom is 0.347 e. The largest absolute Gasteiger partial charge is 0.469 e. The standard InChI is InChI=1S/C13H19N3O4/c1-20-12(18)6-3-2-4-7-14-11(17)10-16-9-5-8-15-13(16)19/h5,8-9H,2-4,6-7,10H2,1H3,(H,14,17). The average molecular weight is 281 g/mol. The van der Waals surface area contributed by atoms with Crippen LogP contribution in [0.4, 0.5) is 0 Å². The van der Waals surface area contributed by atoms with E-state index in [2.05, 4.69) is 15.0 Å². The highest BCUT2D eigenvalue weighted by molar-refractivity contribution is 5.75. The first-order valence-electron chi connectivity index (χ1n) is 6.48. The van der Waals surface area contributed by atoms with Crippen molar-refractivity contribution in [1.82, 2.24) is 14.9 Å². The second kappa shape index (κ2) is 8.84. The smallest absolute Gasteiger partial charge is 0.347 e. The highest BCUT2D eigenvalue weighted by Gasteiger charge is 2.04. The van der Waals surface area contributed by atoms with Crippen LogP contribution >= 0.6 is 0 Å². The van der Waals surface area contributed by atoms with Crippen molar-refractivity contribution in [3.05, 3.63) is 28.9 Å². The Bertz CT molecular complexity index is 498. The number of nitrogens with zero attached hydrogens (tertiary/aromatic N) is 2. The van der Waals surface area contributed by atoms with Gasteiger partial charge in [-0.2, -0.15) is 0 Å². The zero-order valence-electron chi connectivity index (χ0n) is 11.5. The molecule has 1 rings (SSSR count). The minimum Gasteiger partial charge on any atom is -0.469 e. The number of ether oxygens (including phenoxy) is 1. The van der Waals surface area contributed by atoms with Crippen molar-refractivity contribution in [2.45, 2.75) is 32.2 Å². The molecule has 1 aromatic rings. The molecule has 1 N–H and O–H groups in total. The zero-order chi connectivity index (χ0) is 14.8. The van der Waals surface area contributed by atoms with Crippen LogP contribution < -0.4 is 11.0 Å². The Balaban J connectivity index is 2.14. The molecule has 0 aliphatic heterocycles. The summed E-state index contributed by atoms with van der Waals surface area (Å²) in [5.74, 6) is -0.446. The fraction of sp³-hybridized carbons (Fsp3) is 0.538. The number of unbranched alkanes of at least 4 members (excludes halogenated alkanes) is 2. The number of methoxy groups -OCH3 is 1. The lowest BCUT2D eigenvalue weighted by Crippen LogP contribution is -2.33. The summed E-state index contributed by atoms with van der Waals surface area (Å²) < 4.78 is 5.77. The van der Waals surface area contributed by atoms with Crippen molar-refractivity contribution in [1.29, 1.82) is 0 Å². The molecule has 0 unspecified atom stereocenters. The van der Waals surface area contributed by atoms with Gasteiger partial charge in [-0.05, 0) is 18.9 Å². The van der Waals surface area contributed by atoms with Crippen molar-refractivity contribution in [3.8, 4) is 0 Å². The minimum absolute atomic E-state index is 0.0329. The Morgan fingerprint density at radius 2 is 2.15 bits per heavy atom. The van der Waals surface area contributed by atoms with Crippen LogP contribution in [0.5, 0.6) is 0 Å². The Kier molecular flexibility index (Phi) is 7.02. The molecule has 0 aromatic carbocycles. The van der Waals surface area contributed by atoms with E-state index in [0.717, 1.165) is 19.3 Å². The van der Waals surface area contributed by atoms with Gasteiger partial charge in [0.1, 0.15) is 6.54 Å². The first-order chi connectivity index (χ1) is 9.63. The van der Waals surface area contributed by atoms with Crippen molar-refractivity contribution in [3.63, 3.8) is 0 Å². The summed E-state index contributed by atoms with van der Waals surface area (Å²) >= 11 is 0. The summed E-state index contributed by atoms with van der Waals surface area (Å²) in [6, 6.07) is 1.60. The molecule has 0 saturated carbocycles. The van der Waals surface area contributed by atoms with Crippen LogP contribution in [-0.2, 0) is 20.9 Å². The molecule has 1 heterocycles. The minimum atomic E-state index is -0.444. The van der Waals surface area contributed by atoms with Crippen LogP contribution in [0.25, 0.3) is 0 Å². The molecule has 7 heteroatoms. The predicted octanol–water partition coefficient (Wildman–Crippen LogP) is 0.0929. The highest BCUT2D eigenvalue weighted by atomic mass is 16.5. The third-order valence-corrected chi connectivity index (χ3v) is 2.70. The van der Waals surface area contributed by atoms with E-state index in [1.807, 2.05) is 0 Å². The molecule has 1 amide bonds. The molecule has 0 aliphatic rings. The van der Waals surface area contributed by atoms with Gasteiger partial charge in [-0.25, -0.2) is 9.78 Å². The van der Waals surface area contributed by atoms with Crippen LogP contribution in [0.2, 0.25) is 0 Å². The van der Waals surface area contributed by atoms with Gasteiger partial charge in [-0.1, -0.05) is 6.42 Å². The summed E-state index contributed by atoms with van der Waals surface area (Å²) in [4.78, 5) is 37.3. The van der Waals surface area contributed by atoms with Gasteiger partial charge in [0.25, 0.3) is 0 Å². The number of hydrogen-bond donors (Lipinski definition) is 1. The topological polar surface area (TPSA) is 90.3 Å². The van der Waals surface area contributed by atoms with Crippen LogP contribution in [0.1, 0.15) is 25.7 Å². The third-order valence-electron chi connectivity index (χ3n) is 2.70.